The van der Waals surface area contributed by atoms with Gasteiger partial charge in [0.2, 0.25) is 11.8 Å². The van der Waals surface area contributed by atoms with E-state index in [2.05, 4.69) is 45.3 Å². The summed E-state index contributed by atoms with van der Waals surface area (Å²) in [7, 11) is 0. The molecule has 0 aromatic heterocycles. The van der Waals surface area contributed by atoms with Gasteiger partial charge in [-0.15, -0.1) is 0 Å². The lowest BCUT2D eigenvalue weighted by Crippen LogP contribution is -2.27. The van der Waals surface area contributed by atoms with Crippen LogP contribution >= 0.6 is 0 Å². The molecule has 0 atom stereocenters. The third kappa shape index (κ3) is 4.96. The highest BCUT2D eigenvalue weighted by Crippen LogP contribution is 2.23. The van der Waals surface area contributed by atoms with Gasteiger partial charge in [-0.05, 0) is 84.0 Å². The molecule has 0 spiro atoms. The number of nitrogens with one attached hydrogen (secondary N) is 2. The summed E-state index contributed by atoms with van der Waals surface area (Å²) in [6.07, 6.45) is 9.70. The van der Waals surface area contributed by atoms with Gasteiger partial charge < -0.3 is 0 Å². The van der Waals surface area contributed by atoms with Gasteiger partial charge in [-0.3, -0.25) is 9.59 Å². The Morgan fingerprint density at radius 3 is 1.66 bits per heavy atom. The zero-order valence-corrected chi connectivity index (χ0v) is 16.3. The highest BCUT2D eigenvalue weighted by molar-refractivity contribution is 5.97. The first-order valence-electron chi connectivity index (χ1n) is 10.0. The number of amides is 2. The van der Waals surface area contributed by atoms with Gasteiger partial charge in [-0.25, -0.2) is 10.9 Å². The minimum Gasteiger partial charge on any atom is -0.273 e. The quantitative estimate of drug-likeness (QED) is 0.453. The molecule has 0 unspecified atom stereocenters. The van der Waals surface area contributed by atoms with Crippen molar-refractivity contribution in [2.24, 2.45) is 10.2 Å². The molecule has 2 amide bonds. The van der Waals surface area contributed by atoms with Gasteiger partial charge in [-0.1, -0.05) is 24.3 Å². The number of carbonyl (C=O) groups excluding carboxylic acids is 2. The van der Waals surface area contributed by atoms with E-state index >= 15 is 0 Å². The molecule has 148 valence electrons. The summed E-state index contributed by atoms with van der Waals surface area (Å²) < 4.78 is 0. The van der Waals surface area contributed by atoms with Crippen molar-refractivity contribution < 1.29 is 9.59 Å². The van der Waals surface area contributed by atoms with Crippen LogP contribution in [0.2, 0.25) is 0 Å². The molecule has 0 fully saturated rings. The van der Waals surface area contributed by atoms with Gasteiger partial charge in [0.15, 0.2) is 0 Å². The third-order valence-corrected chi connectivity index (χ3v) is 5.37. The van der Waals surface area contributed by atoms with E-state index < -0.39 is 11.8 Å². The van der Waals surface area contributed by atoms with Crippen LogP contribution in [-0.2, 0) is 35.3 Å². The Morgan fingerprint density at radius 2 is 1.17 bits per heavy atom. The molecular weight excluding hydrogens is 364 g/mol. The fraction of sp³-hybridized carbons (Fsp3) is 0.304. The summed E-state index contributed by atoms with van der Waals surface area (Å²) >= 11 is 0. The van der Waals surface area contributed by atoms with E-state index in [0.717, 1.165) is 36.8 Å². The van der Waals surface area contributed by atoms with Crippen molar-refractivity contribution in [3.05, 3.63) is 69.8 Å². The SMILES string of the molecule is O=C(CC(=O)N/N=C/c1ccc2c(c1)CCC2)N/N=C\c1ccc2c(c1)CCC2. The fourth-order valence-electron chi connectivity index (χ4n) is 3.93. The van der Waals surface area contributed by atoms with Gasteiger partial charge in [0.05, 0.1) is 12.4 Å². The Hall–Kier alpha value is -3.28. The van der Waals surface area contributed by atoms with Crippen LogP contribution < -0.4 is 10.9 Å². The second-order valence-electron chi connectivity index (χ2n) is 7.53. The Morgan fingerprint density at radius 1 is 0.724 bits per heavy atom. The third-order valence-electron chi connectivity index (χ3n) is 5.37. The molecule has 6 heteroatoms. The van der Waals surface area contributed by atoms with Gasteiger partial charge in [-0.2, -0.15) is 10.2 Å². The smallest absolute Gasteiger partial charge is 0.249 e. The molecule has 0 saturated carbocycles. The first-order chi connectivity index (χ1) is 14.2. The Labute approximate surface area is 170 Å². The maximum absolute atomic E-state index is 11.9. The second-order valence-corrected chi connectivity index (χ2v) is 7.53. The highest BCUT2D eigenvalue weighted by Gasteiger charge is 2.11. The molecule has 2 aliphatic rings. The molecule has 6 nitrogen and oxygen atoms in total. The zero-order chi connectivity index (χ0) is 20.1. The number of aryl methyl sites for hydroxylation is 4. The van der Waals surface area contributed by atoms with Crippen LogP contribution in [0.5, 0.6) is 0 Å². The average molecular weight is 388 g/mol. The molecular formula is C23H24N4O2. The topological polar surface area (TPSA) is 82.9 Å². The van der Waals surface area contributed by atoms with Crippen molar-refractivity contribution >= 4 is 24.2 Å². The monoisotopic (exact) mass is 388 g/mol. The molecule has 0 aliphatic heterocycles. The summed E-state index contributed by atoms with van der Waals surface area (Å²) in [5.41, 5.74) is 12.1. The van der Waals surface area contributed by atoms with Crippen LogP contribution in [0.3, 0.4) is 0 Å². The van der Waals surface area contributed by atoms with E-state index in [9.17, 15) is 9.59 Å². The van der Waals surface area contributed by atoms with E-state index in [-0.39, 0.29) is 6.42 Å². The summed E-state index contributed by atoms with van der Waals surface area (Å²) in [4.78, 5) is 23.7. The summed E-state index contributed by atoms with van der Waals surface area (Å²) in [6, 6.07) is 12.4. The molecule has 4 rings (SSSR count). The standard InChI is InChI=1S/C23H24N4O2/c28-22(26-24-14-16-7-9-18-3-1-5-20(18)11-16)13-23(29)27-25-15-17-8-10-19-4-2-6-21(19)12-17/h7-12,14-15H,1-6,13H2,(H,26,28)(H,27,29)/b24-14-,25-15+. The van der Waals surface area contributed by atoms with Crippen LogP contribution in [0, 0.1) is 0 Å². The number of hydrogen-bond acceptors (Lipinski definition) is 4. The Bertz CT molecular complexity index is 915. The van der Waals surface area contributed by atoms with Crippen molar-refractivity contribution in [2.45, 2.75) is 44.9 Å². The van der Waals surface area contributed by atoms with Crippen LogP contribution in [0.4, 0.5) is 0 Å². The number of benzene rings is 2. The van der Waals surface area contributed by atoms with E-state index in [1.807, 2.05) is 12.1 Å². The molecule has 0 heterocycles. The maximum atomic E-state index is 11.9. The van der Waals surface area contributed by atoms with Crippen LogP contribution in [-0.4, -0.2) is 24.2 Å². The van der Waals surface area contributed by atoms with Gasteiger partial charge in [0.25, 0.3) is 0 Å². The molecule has 0 saturated heterocycles. The van der Waals surface area contributed by atoms with Crippen molar-refractivity contribution in [1.82, 2.24) is 10.9 Å². The van der Waals surface area contributed by atoms with Crippen molar-refractivity contribution in [3.8, 4) is 0 Å². The van der Waals surface area contributed by atoms with Crippen LogP contribution in [0.1, 0.15) is 52.6 Å². The lowest BCUT2D eigenvalue weighted by molar-refractivity contribution is -0.129. The maximum Gasteiger partial charge on any atom is 0.249 e. The summed E-state index contributed by atoms with van der Waals surface area (Å²) in [6.45, 7) is 0. The number of carbonyl (C=O) groups is 2. The number of fused-ring (bicyclic) bond motifs is 2. The molecule has 0 bridgehead atoms. The minimum atomic E-state index is -0.479. The molecule has 2 aliphatic carbocycles. The lowest BCUT2D eigenvalue weighted by Gasteiger charge is -2.02. The Kier molecular flexibility index (Phi) is 5.79. The minimum absolute atomic E-state index is 0.330. The summed E-state index contributed by atoms with van der Waals surface area (Å²) in [5, 5.41) is 7.88. The average Bonchev–Trinajstić information content (AvgIpc) is 3.36. The number of hydrogen-bond donors (Lipinski definition) is 2. The van der Waals surface area contributed by atoms with Crippen LogP contribution in [0.25, 0.3) is 0 Å². The predicted octanol–water partition coefficient (Wildman–Crippen LogP) is 2.65. The molecule has 29 heavy (non-hydrogen) atoms. The Balaban J connectivity index is 1.21. The van der Waals surface area contributed by atoms with Crippen molar-refractivity contribution in [1.29, 1.82) is 0 Å². The molecule has 2 N–H and O–H groups in total. The van der Waals surface area contributed by atoms with Gasteiger partial charge >= 0.3 is 0 Å². The fourth-order valence-corrected chi connectivity index (χ4v) is 3.93. The number of rotatable bonds is 6. The first kappa shape index (κ1) is 19.1. The number of hydrazone groups is 2. The molecule has 0 radical (unpaired) electrons. The van der Waals surface area contributed by atoms with E-state index in [1.54, 1.807) is 12.4 Å². The predicted molar refractivity (Wildman–Crippen MR) is 113 cm³/mol. The largest absolute Gasteiger partial charge is 0.273 e. The molecule has 2 aromatic rings. The molecule has 2 aromatic carbocycles. The lowest BCUT2D eigenvalue weighted by atomic mass is 10.1. The van der Waals surface area contributed by atoms with E-state index in [1.165, 1.54) is 35.1 Å². The van der Waals surface area contributed by atoms with Crippen molar-refractivity contribution in [3.63, 3.8) is 0 Å². The zero-order valence-electron chi connectivity index (χ0n) is 16.3. The number of nitrogens with zero attached hydrogens (tertiary/aromatic N) is 2. The van der Waals surface area contributed by atoms with E-state index in [4.69, 9.17) is 0 Å². The highest BCUT2D eigenvalue weighted by atomic mass is 16.2. The van der Waals surface area contributed by atoms with E-state index in [0.29, 0.717) is 0 Å². The first-order valence-corrected chi connectivity index (χ1v) is 10.0. The van der Waals surface area contributed by atoms with Gasteiger partial charge in [0.1, 0.15) is 6.42 Å². The van der Waals surface area contributed by atoms with Gasteiger partial charge in [0, 0.05) is 0 Å². The van der Waals surface area contributed by atoms with Crippen LogP contribution in [0.15, 0.2) is 46.6 Å². The van der Waals surface area contributed by atoms with Crippen molar-refractivity contribution in [2.75, 3.05) is 0 Å². The normalized spacial score (nSPS) is 14.9. The summed E-state index contributed by atoms with van der Waals surface area (Å²) in [5.74, 6) is -0.958. The second kappa shape index (κ2) is 8.82.